The lowest BCUT2D eigenvalue weighted by Gasteiger charge is -2.23. The molecular formula is C12H15IN2O. The summed E-state index contributed by atoms with van der Waals surface area (Å²) >= 11 is 2.26. The second-order valence-corrected chi connectivity index (χ2v) is 5.34. The maximum atomic E-state index is 11.8. The minimum atomic E-state index is 0.0324. The third-order valence-electron chi connectivity index (χ3n) is 2.88. The SMILES string of the molecule is CCN1CC(C)C(=O)Nc2cc(I)ccc21. The molecule has 1 aliphatic rings. The molecule has 2 rings (SSSR count). The topological polar surface area (TPSA) is 32.3 Å². The van der Waals surface area contributed by atoms with Gasteiger partial charge in [-0.3, -0.25) is 4.79 Å². The number of hydrogen-bond donors (Lipinski definition) is 1. The van der Waals surface area contributed by atoms with Gasteiger partial charge < -0.3 is 10.2 Å². The Balaban J connectivity index is 2.46. The van der Waals surface area contributed by atoms with Gasteiger partial charge in [0.15, 0.2) is 0 Å². The Morgan fingerprint density at radius 3 is 3.00 bits per heavy atom. The number of rotatable bonds is 1. The van der Waals surface area contributed by atoms with Crippen LogP contribution in [0, 0.1) is 9.49 Å². The van der Waals surface area contributed by atoms with Gasteiger partial charge in [-0.2, -0.15) is 0 Å². The third kappa shape index (κ3) is 2.16. The maximum absolute atomic E-state index is 11.8. The van der Waals surface area contributed by atoms with Crippen molar-refractivity contribution in [1.29, 1.82) is 0 Å². The van der Waals surface area contributed by atoms with E-state index in [-0.39, 0.29) is 11.8 Å². The fourth-order valence-electron chi connectivity index (χ4n) is 1.95. The van der Waals surface area contributed by atoms with Crippen molar-refractivity contribution in [3.05, 3.63) is 21.8 Å². The zero-order valence-corrected chi connectivity index (χ0v) is 11.6. The van der Waals surface area contributed by atoms with E-state index in [0.29, 0.717) is 0 Å². The zero-order valence-electron chi connectivity index (χ0n) is 9.46. The average Bonchev–Trinajstić information content (AvgIpc) is 2.36. The van der Waals surface area contributed by atoms with E-state index in [0.717, 1.165) is 28.0 Å². The number of nitrogens with one attached hydrogen (secondary N) is 1. The predicted octanol–water partition coefficient (Wildman–Crippen LogP) is 2.71. The minimum absolute atomic E-state index is 0.0324. The Labute approximate surface area is 109 Å². The molecule has 1 heterocycles. The van der Waals surface area contributed by atoms with Crippen LogP contribution in [0.15, 0.2) is 18.2 Å². The highest BCUT2D eigenvalue weighted by atomic mass is 127. The van der Waals surface area contributed by atoms with Gasteiger partial charge in [-0.15, -0.1) is 0 Å². The molecule has 0 spiro atoms. The van der Waals surface area contributed by atoms with Crippen molar-refractivity contribution >= 4 is 39.9 Å². The van der Waals surface area contributed by atoms with Crippen molar-refractivity contribution in [2.24, 2.45) is 5.92 Å². The lowest BCUT2D eigenvalue weighted by molar-refractivity contribution is -0.119. The first-order valence-electron chi connectivity index (χ1n) is 5.47. The molecule has 0 aliphatic carbocycles. The Hall–Kier alpha value is -0.780. The molecule has 1 N–H and O–H groups in total. The summed E-state index contributed by atoms with van der Waals surface area (Å²) in [5.41, 5.74) is 2.06. The van der Waals surface area contributed by atoms with E-state index in [1.165, 1.54) is 0 Å². The fraction of sp³-hybridized carbons (Fsp3) is 0.417. The van der Waals surface area contributed by atoms with Gasteiger partial charge in [-0.25, -0.2) is 0 Å². The molecule has 1 aliphatic heterocycles. The van der Waals surface area contributed by atoms with E-state index in [9.17, 15) is 4.79 Å². The molecule has 0 saturated heterocycles. The van der Waals surface area contributed by atoms with Gasteiger partial charge in [-0.05, 0) is 47.7 Å². The van der Waals surface area contributed by atoms with Crippen molar-refractivity contribution in [1.82, 2.24) is 0 Å². The molecule has 0 saturated carbocycles. The second kappa shape index (κ2) is 4.61. The van der Waals surface area contributed by atoms with Crippen LogP contribution in [0.4, 0.5) is 11.4 Å². The van der Waals surface area contributed by atoms with Gasteiger partial charge in [0.25, 0.3) is 0 Å². The van der Waals surface area contributed by atoms with Crippen LogP contribution in [0.3, 0.4) is 0 Å². The van der Waals surface area contributed by atoms with Crippen LogP contribution in [0.1, 0.15) is 13.8 Å². The monoisotopic (exact) mass is 330 g/mol. The minimum Gasteiger partial charge on any atom is -0.369 e. The molecule has 0 aromatic heterocycles. The number of amides is 1. The van der Waals surface area contributed by atoms with Crippen LogP contribution in [0.2, 0.25) is 0 Å². The van der Waals surface area contributed by atoms with Gasteiger partial charge in [-0.1, -0.05) is 6.92 Å². The molecule has 3 nitrogen and oxygen atoms in total. The smallest absolute Gasteiger partial charge is 0.229 e. The number of anilines is 2. The predicted molar refractivity (Wildman–Crippen MR) is 74.8 cm³/mol. The van der Waals surface area contributed by atoms with Gasteiger partial charge in [0, 0.05) is 16.7 Å². The van der Waals surface area contributed by atoms with Crippen LogP contribution in [0.5, 0.6) is 0 Å². The highest BCUT2D eigenvalue weighted by molar-refractivity contribution is 14.1. The quantitative estimate of drug-likeness (QED) is 0.803. The lowest BCUT2D eigenvalue weighted by atomic mass is 10.1. The van der Waals surface area contributed by atoms with Crippen LogP contribution in [-0.4, -0.2) is 19.0 Å². The number of benzene rings is 1. The summed E-state index contributed by atoms with van der Waals surface area (Å²) < 4.78 is 1.14. The summed E-state index contributed by atoms with van der Waals surface area (Å²) in [6.07, 6.45) is 0. The first kappa shape index (κ1) is 11.7. The molecule has 16 heavy (non-hydrogen) atoms. The van der Waals surface area contributed by atoms with Crippen molar-refractivity contribution in [2.75, 3.05) is 23.3 Å². The summed E-state index contributed by atoms with van der Waals surface area (Å²) in [5.74, 6) is 0.143. The van der Waals surface area contributed by atoms with E-state index in [4.69, 9.17) is 0 Å². The summed E-state index contributed by atoms with van der Waals surface area (Å²) in [4.78, 5) is 14.1. The van der Waals surface area contributed by atoms with Gasteiger partial charge in [0.2, 0.25) is 5.91 Å². The Morgan fingerprint density at radius 2 is 2.31 bits per heavy atom. The van der Waals surface area contributed by atoms with Gasteiger partial charge >= 0.3 is 0 Å². The standard InChI is InChI=1S/C12H15IN2O/c1-3-15-7-8(2)12(16)14-10-6-9(13)4-5-11(10)15/h4-6,8H,3,7H2,1-2H3,(H,14,16). The number of nitrogens with zero attached hydrogens (tertiary/aromatic N) is 1. The van der Waals surface area contributed by atoms with Crippen molar-refractivity contribution in [3.63, 3.8) is 0 Å². The normalized spacial score (nSPS) is 20.1. The molecule has 1 atom stereocenters. The summed E-state index contributed by atoms with van der Waals surface area (Å²) in [7, 11) is 0. The highest BCUT2D eigenvalue weighted by Crippen LogP contribution is 2.31. The first-order valence-corrected chi connectivity index (χ1v) is 6.55. The maximum Gasteiger partial charge on any atom is 0.229 e. The summed E-state index contributed by atoms with van der Waals surface area (Å²) in [5, 5.41) is 2.99. The highest BCUT2D eigenvalue weighted by Gasteiger charge is 2.23. The van der Waals surface area contributed by atoms with Gasteiger partial charge in [0.1, 0.15) is 0 Å². The average molecular weight is 330 g/mol. The first-order chi connectivity index (χ1) is 7.61. The molecule has 1 unspecified atom stereocenters. The lowest BCUT2D eigenvalue weighted by Crippen LogP contribution is -2.30. The molecule has 1 aromatic rings. The Bertz CT molecular complexity index is 419. The van der Waals surface area contributed by atoms with Crippen molar-refractivity contribution < 1.29 is 4.79 Å². The molecule has 4 heteroatoms. The van der Waals surface area contributed by atoms with E-state index >= 15 is 0 Å². The van der Waals surface area contributed by atoms with E-state index < -0.39 is 0 Å². The van der Waals surface area contributed by atoms with E-state index in [1.807, 2.05) is 13.0 Å². The molecule has 0 fully saturated rings. The van der Waals surface area contributed by atoms with Crippen LogP contribution in [0.25, 0.3) is 0 Å². The summed E-state index contributed by atoms with van der Waals surface area (Å²) in [6, 6.07) is 6.18. The Kier molecular flexibility index (Phi) is 3.37. The molecule has 0 bridgehead atoms. The molecule has 86 valence electrons. The van der Waals surface area contributed by atoms with Crippen LogP contribution >= 0.6 is 22.6 Å². The fourth-order valence-corrected chi connectivity index (χ4v) is 2.44. The second-order valence-electron chi connectivity index (χ2n) is 4.09. The zero-order chi connectivity index (χ0) is 11.7. The van der Waals surface area contributed by atoms with Crippen LogP contribution < -0.4 is 10.2 Å². The number of fused-ring (bicyclic) bond motifs is 1. The number of carbonyl (C=O) groups excluding carboxylic acids is 1. The largest absolute Gasteiger partial charge is 0.369 e. The van der Waals surface area contributed by atoms with Gasteiger partial charge in [0.05, 0.1) is 17.3 Å². The number of hydrogen-bond acceptors (Lipinski definition) is 2. The Morgan fingerprint density at radius 1 is 1.56 bits per heavy atom. The van der Waals surface area contributed by atoms with E-state index in [1.54, 1.807) is 0 Å². The molecule has 1 amide bonds. The number of halogens is 1. The number of carbonyl (C=O) groups is 1. The van der Waals surface area contributed by atoms with E-state index in [2.05, 4.69) is 51.9 Å². The van der Waals surface area contributed by atoms with Crippen LogP contribution in [-0.2, 0) is 4.79 Å². The van der Waals surface area contributed by atoms with Crippen molar-refractivity contribution in [3.8, 4) is 0 Å². The summed E-state index contributed by atoms with van der Waals surface area (Å²) in [6.45, 7) is 5.79. The van der Waals surface area contributed by atoms with Crippen molar-refractivity contribution in [2.45, 2.75) is 13.8 Å². The third-order valence-corrected chi connectivity index (χ3v) is 3.55. The molecule has 1 aromatic carbocycles. The molecule has 0 radical (unpaired) electrons. The molecular weight excluding hydrogens is 315 g/mol.